The summed E-state index contributed by atoms with van der Waals surface area (Å²) in [5.41, 5.74) is 2.06. The molecule has 124 valence electrons. The van der Waals surface area contributed by atoms with Crippen LogP contribution >= 0.6 is 0 Å². The lowest BCUT2D eigenvalue weighted by Gasteiger charge is -2.24. The van der Waals surface area contributed by atoms with E-state index in [4.69, 9.17) is 0 Å². The lowest BCUT2D eigenvalue weighted by atomic mass is 10.1. The van der Waals surface area contributed by atoms with Crippen molar-refractivity contribution in [1.82, 2.24) is 4.90 Å². The van der Waals surface area contributed by atoms with E-state index in [0.29, 0.717) is 13.1 Å². The Morgan fingerprint density at radius 2 is 1.26 bits per heavy atom. The van der Waals surface area contributed by atoms with Crippen molar-refractivity contribution in [2.75, 3.05) is 6.54 Å². The Morgan fingerprint density at radius 3 is 1.65 bits per heavy atom. The average molecular weight is 323 g/mol. The molecule has 2 aromatic carbocycles. The molecule has 5 heteroatoms. The molecule has 0 heterocycles. The van der Waals surface area contributed by atoms with E-state index < -0.39 is 12.3 Å². The highest BCUT2D eigenvalue weighted by atomic mass is 19.4. The minimum atomic E-state index is -4.56. The van der Waals surface area contributed by atoms with Gasteiger partial charge < -0.3 is 5.11 Å². The smallest absolute Gasteiger partial charge is 0.384 e. The van der Waals surface area contributed by atoms with Crippen molar-refractivity contribution in [3.05, 3.63) is 71.8 Å². The summed E-state index contributed by atoms with van der Waals surface area (Å²) in [6.45, 7) is 1.26. The monoisotopic (exact) mass is 323 g/mol. The zero-order valence-electron chi connectivity index (χ0n) is 12.7. The molecule has 0 aliphatic heterocycles. The van der Waals surface area contributed by atoms with Crippen molar-refractivity contribution in [3.8, 4) is 0 Å². The molecule has 1 N–H and O–H groups in total. The maximum Gasteiger partial charge on any atom is 0.414 e. The molecule has 0 unspecified atom stereocenters. The third kappa shape index (κ3) is 6.04. The first-order valence-corrected chi connectivity index (χ1v) is 7.50. The van der Waals surface area contributed by atoms with Crippen molar-refractivity contribution in [2.45, 2.75) is 31.8 Å². The van der Waals surface area contributed by atoms with Crippen LogP contribution in [0.1, 0.15) is 17.5 Å². The largest absolute Gasteiger partial charge is 0.414 e. The Bertz CT molecular complexity index is 530. The van der Waals surface area contributed by atoms with Crippen LogP contribution < -0.4 is 0 Å². The number of nitrogens with zero attached hydrogens (tertiary/aromatic N) is 1. The van der Waals surface area contributed by atoms with Gasteiger partial charge in [-0.2, -0.15) is 13.2 Å². The van der Waals surface area contributed by atoms with Crippen LogP contribution in [0.4, 0.5) is 13.2 Å². The molecule has 0 aromatic heterocycles. The van der Waals surface area contributed by atoms with Crippen LogP contribution in [-0.2, 0) is 13.1 Å². The van der Waals surface area contributed by atoms with E-state index in [0.717, 1.165) is 11.1 Å². The van der Waals surface area contributed by atoms with Crippen molar-refractivity contribution < 1.29 is 18.3 Å². The van der Waals surface area contributed by atoms with Crippen LogP contribution in [0.25, 0.3) is 0 Å². The Morgan fingerprint density at radius 1 is 0.826 bits per heavy atom. The summed E-state index contributed by atoms with van der Waals surface area (Å²) in [6.07, 6.45) is -7.18. The molecule has 0 aliphatic carbocycles. The standard InChI is InChI=1S/C18H20F3NO/c19-18(20,21)17(23)11-12-22(13-15-7-3-1-4-8-15)14-16-9-5-2-6-10-16/h1-10,17,23H,11-14H2/t17-/m0/s1. The highest BCUT2D eigenvalue weighted by molar-refractivity contribution is 5.17. The van der Waals surface area contributed by atoms with Gasteiger partial charge in [-0.25, -0.2) is 0 Å². The second-order valence-corrected chi connectivity index (χ2v) is 5.53. The van der Waals surface area contributed by atoms with Crippen molar-refractivity contribution in [2.24, 2.45) is 0 Å². The molecule has 1 atom stereocenters. The number of hydrogen-bond acceptors (Lipinski definition) is 2. The summed E-state index contributed by atoms with van der Waals surface area (Å²) in [5.74, 6) is 0. The first-order valence-electron chi connectivity index (χ1n) is 7.50. The van der Waals surface area contributed by atoms with Crippen LogP contribution in [0, 0.1) is 0 Å². The Balaban J connectivity index is 2.02. The molecule has 0 aliphatic rings. The quantitative estimate of drug-likeness (QED) is 0.832. The topological polar surface area (TPSA) is 23.5 Å². The molecule has 0 amide bonds. The van der Waals surface area contributed by atoms with Crippen LogP contribution in [-0.4, -0.2) is 28.8 Å². The van der Waals surface area contributed by atoms with E-state index >= 15 is 0 Å². The molecular formula is C18H20F3NO. The van der Waals surface area contributed by atoms with Crippen molar-refractivity contribution in [1.29, 1.82) is 0 Å². The van der Waals surface area contributed by atoms with Gasteiger partial charge in [0.1, 0.15) is 0 Å². The van der Waals surface area contributed by atoms with Gasteiger partial charge in [-0.3, -0.25) is 4.90 Å². The van der Waals surface area contributed by atoms with E-state index in [1.54, 1.807) is 0 Å². The maximum absolute atomic E-state index is 12.5. The molecule has 0 saturated carbocycles. The highest BCUT2D eigenvalue weighted by Crippen LogP contribution is 2.23. The number of alkyl halides is 3. The summed E-state index contributed by atoms with van der Waals surface area (Å²) in [5, 5.41) is 9.22. The number of hydrogen-bond donors (Lipinski definition) is 1. The molecule has 2 rings (SSSR count). The number of benzene rings is 2. The minimum absolute atomic E-state index is 0.171. The van der Waals surface area contributed by atoms with E-state index in [1.165, 1.54) is 0 Å². The Hall–Kier alpha value is -1.85. The van der Waals surface area contributed by atoms with Gasteiger partial charge in [0.25, 0.3) is 0 Å². The summed E-state index contributed by atoms with van der Waals surface area (Å²) >= 11 is 0. The first-order chi connectivity index (χ1) is 10.9. The minimum Gasteiger partial charge on any atom is -0.384 e. The second kappa shape index (κ2) is 8.13. The van der Waals surface area contributed by atoms with E-state index in [9.17, 15) is 18.3 Å². The van der Waals surface area contributed by atoms with Crippen LogP contribution in [0.3, 0.4) is 0 Å². The highest BCUT2D eigenvalue weighted by Gasteiger charge is 2.37. The molecular weight excluding hydrogens is 303 g/mol. The number of rotatable bonds is 7. The van der Waals surface area contributed by atoms with Crippen molar-refractivity contribution >= 4 is 0 Å². The second-order valence-electron chi connectivity index (χ2n) is 5.53. The molecule has 0 fully saturated rings. The fraction of sp³-hybridized carbons (Fsp3) is 0.333. The van der Waals surface area contributed by atoms with Gasteiger partial charge >= 0.3 is 6.18 Å². The van der Waals surface area contributed by atoms with Gasteiger partial charge in [-0.05, 0) is 17.5 Å². The number of aliphatic hydroxyl groups excluding tert-OH is 1. The summed E-state index contributed by atoms with van der Waals surface area (Å²) in [4.78, 5) is 1.92. The van der Waals surface area contributed by atoms with Gasteiger partial charge in [-0.15, -0.1) is 0 Å². The van der Waals surface area contributed by atoms with E-state index in [2.05, 4.69) is 0 Å². The predicted octanol–water partition coefficient (Wildman–Crippen LogP) is 4.00. The van der Waals surface area contributed by atoms with Crippen LogP contribution in [0.2, 0.25) is 0 Å². The fourth-order valence-corrected chi connectivity index (χ4v) is 2.37. The average Bonchev–Trinajstić information content (AvgIpc) is 2.53. The molecule has 0 radical (unpaired) electrons. The Kier molecular flexibility index (Phi) is 6.19. The van der Waals surface area contributed by atoms with Crippen LogP contribution in [0.15, 0.2) is 60.7 Å². The van der Waals surface area contributed by atoms with Gasteiger partial charge in [0.15, 0.2) is 6.10 Å². The van der Waals surface area contributed by atoms with Crippen LogP contribution in [0.5, 0.6) is 0 Å². The molecule has 2 nitrogen and oxygen atoms in total. The van der Waals surface area contributed by atoms with Gasteiger partial charge in [0, 0.05) is 19.6 Å². The molecule has 23 heavy (non-hydrogen) atoms. The molecule has 2 aromatic rings. The van der Waals surface area contributed by atoms with Gasteiger partial charge in [0.05, 0.1) is 0 Å². The van der Waals surface area contributed by atoms with E-state index in [1.807, 2.05) is 65.6 Å². The lowest BCUT2D eigenvalue weighted by Crippen LogP contribution is -2.33. The zero-order chi connectivity index (χ0) is 16.7. The van der Waals surface area contributed by atoms with Gasteiger partial charge in [0.2, 0.25) is 0 Å². The first kappa shape index (κ1) is 17.5. The molecule has 0 saturated heterocycles. The predicted molar refractivity (Wildman–Crippen MR) is 83.7 cm³/mol. The summed E-state index contributed by atoms with van der Waals surface area (Å²) in [7, 11) is 0. The summed E-state index contributed by atoms with van der Waals surface area (Å²) < 4.78 is 37.5. The molecule has 0 spiro atoms. The Labute approximate surface area is 134 Å². The third-order valence-corrected chi connectivity index (χ3v) is 3.59. The van der Waals surface area contributed by atoms with E-state index in [-0.39, 0.29) is 13.0 Å². The zero-order valence-corrected chi connectivity index (χ0v) is 12.7. The SMILES string of the molecule is O[C@@H](CCN(Cc1ccccc1)Cc1ccccc1)C(F)(F)F. The fourth-order valence-electron chi connectivity index (χ4n) is 2.37. The number of halogens is 3. The third-order valence-electron chi connectivity index (χ3n) is 3.59. The number of aliphatic hydroxyl groups is 1. The van der Waals surface area contributed by atoms with Gasteiger partial charge in [-0.1, -0.05) is 60.7 Å². The molecule has 0 bridgehead atoms. The normalized spacial score (nSPS) is 13.3. The summed E-state index contributed by atoms with van der Waals surface area (Å²) in [6, 6.07) is 19.2. The maximum atomic E-state index is 12.5. The van der Waals surface area contributed by atoms with Crippen molar-refractivity contribution in [3.63, 3.8) is 0 Å². The lowest BCUT2D eigenvalue weighted by molar-refractivity contribution is -0.206.